The topological polar surface area (TPSA) is 59.3 Å². The standard InChI is InChI=1S/C14H10F3NO3/c15-9-5-8-10(19)3-7(4-11(20)21)18(6-1-2-6)14(8)13(17)12(9)16/h3,5-6H,1-2,4H2,(H,20,21). The first kappa shape index (κ1) is 13.7. The van der Waals surface area contributed by atoms with Crippen LogP contribution >= 0.6 is 0 Å². The Morgan fingerprint density at radius 2 is 1.90 bits per heavy atom. The fraction of sp³-hybridized carbons (Fsp3) is 0.286. The third-order valence-electron chi connectivity index (χ3n) is 3.49. The average Bonchev–Trinajstić information content (AvgIpc) is 3.21. The van der Waals surface area contributed by atoms with Crippen LogP contribution in [0.1, 0.15) is 24.6 Å². The van der Waals surface area contributed by atoms with Gasteiger partial charge in [-0.15, -0.1) is 0 Å². The van der Waals surface area contributed by atoms with Gasteiger partial charge in [0.05, 0.1) is 17.3 Å². The average molecular weight is 297 g/mol. The van der Waals surface area contributed by atoms with E-state index in [0.29, 0.717) is 18.9 Å². The lowest BCUT2D eigenvalue weighted by molar-refractivity contribution is -0.136. The number of aliphatic carboxylic acids is 1. The molecule has 0 aliphatic heterocycles. The minimum Gasteiger partial charge on any atom is -0.481 e. The number of hydrogen-bond acceptors (Lipinski definition) is 2. The van der Waals surface area contributed by atoms with Crippen LogP contribution < -0.4 is 5.43 Å². The summed E-state index contributed by atoms with van der Waals surface area (Å²) in [7, 11) is 0. The summed E-state index contributed by atoms with van der Waals surface area (Å²) in [4.78, 5) is 22.8. The van der Waals surface area contributed by atoms with Gasteiger partial charge >= 0.3 is 5.97 Å². The number of carbonyl (C=O) groups is 1. The second-order valence-corrected chi connectivity index (χ2v) is 5.05. The van der Waals surface area contributed by atoms with E-state index in [-0.39, 0.29) is 22.6 Å². The molecule has 0 radical (unpaired) electrons. The second-order valence-electron chi connectivity index (χ2n) is 5.05. The number of hydrogen-bond donors (Lipinski definition) is 1. The monoisotopic (exact) mass is 297 g/mol. The van der Waals surface area contributed by atoms with E-state index < -0.39 is 35.3 Å². The van der Waals surface area contributed by atoms with Gasteiger partial charge < -0.3 is 9.67 Å². The largest absolute Gasteiger partial charge is 0.481 e. The number of benzene rings is 1. The van der Waals surface area contributed by atoms with E-state index in [0.717, 1.165) is 6.07 Å². The highest BCUT2D eigenvalue weighted by atomic mass is 19.2. The summed E-state index contributed by atoms with van der Waals surface area (Å²) in [5.41, 5.74) is -0.997. The lowest BCUT2D eigenvalue weighted by Gasteiger charge is -2.16. The van der Waals surface area contributed by atoms with E-state index >= 15 is 0 Å². The van der Waals surface area contributed by atoms with Gasteiger partial charge in [-0.05, 0) is 18.9 Å². The quantitative estimate of drug-likeness (QED) is 0.885. The molecule has 1 aromatic heterocycles. The van der Waals surface area contributed by atoms with Crippen LogP contribution in [0.4, 0.5) is 13.2 Å². The lowest BCUT2D eigenvalue weighted by atomic mass is 10.1. The summed E-state index contributed by atoms with van der Waals surface area (Å²) in [6.45, 7) is 0. The van der Waals surface area contributed by atoms with Crippen LogP contribution in [0.5, 0.6) is 0 Å². The maximum atomic E-state index is 14.1. The highest BCUT2D eigenvalue weighted by molar-refractivity contribution is 5.81. The number of nitrogens with zero attached hydrogens (tertiary/aromatic N) is 1. The Bertz CT molecular complexity index is 825. The summed E-state index contributed by atoms with van der Waals surface area (Å²) in [5, 5.41) is 8.60. The normalized spacial score (nSPS) is 14.6. The highest BCUT2D eigenvalue weighted by Crippen LogP contribution is 2.39. The Balaban J connectivity index is 2.43. The molecule has 3 rings (SSSR count). The van der Waals surface area contributed by atoms with Crippen molar-refractivity contribution in [3.05, 3.63) is 45.5 Å². The summed E-state index contributed by atoms with van der Waals surface area (Å²) < 4.78 is 42.2. The molecule has 0 saturated heterocycles. The number of pyridine rings is 1. The summed E-state index contributed by atoms with van der Waals surface area (Å²) in [6, 6.07) is 1.51. The van der Waals surface area contributed by atoms with Crippen LogP contribution in [0.25, 0.3) is 10.9 Å². The van der Waals surface area contributed by atoms with Crippen LogP contribution in [-0.2, 0) is 11.2 Å². The molecule has 0 atom stereocenters. The predicted octanol–water partition coefficient (Wildman–Crippen LogP) is 2.38. The summed E-state index contributed by atoms with van der Waals surface area (Å²) >= 11 is 0. The molecule has 110 valence electrons. The molecule has 1 heterocycles. The molecule has 0 amide bonds. The number of rotatable bonds is 3. The molecule has 0 bridgehead atoms. The van der Waals surface area contributed by atoms with Gasteiger partial charge in [0.25, 0.3) is 0 Å². The molecule has 1 aliphatic carbocycles. The minimum atomic E-state index is -1.66. The van der Waals surface area contributed by atoms with Gasteiger partial charge in [0, 0.05) is 17.8 Å². The van der Waals surface area contributed by atoms with Gasteiger partial charge in [-0.3, -0.25) is 9.59 Å². The Hall–Kier alpha value is -2.31. The molecule has 7 heteroatoms. The van der Waals surface area contributed by atoms with Crippen LogP contribution in [0, 0.1) is 17.5 Å². The molecule has 0 spiro atoms. The van der Waals surface area contributed by atoms with Crippen molar-refractivity contribution in [1.29, 1.82) is 0 Å². The molecule has 1 fully saturated rings. The molecular formula is C14H10F3NO3. The molecule has 0 unspecified atom stereocenters. The van der Waals surface area contributed by atoms with Crippen molar-refractivity contribution in [3.63, 3.8) is 0 Å². The zero-order valence-corrected chi connectivity index (χ0v) is 10.7. The molecule has 4 nitrogen and oxygen atoms in total. The van der Waals surface area contributed by atoms with E-state index in [9.17, 15) is 22.8 Å². The van der Waals surface area contributed by atoms with Crippen LogP contribution in [-0.4, -0.2) is 15.6 Å². The smallest absolute Gasteiger partial charge is 0.309 e. The SMILES string of the molecule is O=C(O)Cc1cc(=O)c2cc(F)c(F)c(F)c2n1C1CC1. The zero-order valence-electron chi connectivity index (χ0n) is 10.7. The number of carboxylic acid groups (broad SMARTS) is 1. The van der Waals surface area contributed by atoms with Crippen LogP contribution in [0.15, 0.2) is 16.9 Å². The first-order valence-corrected chi connectivity index (χ1v) is 6.33. The van der Waals surface area contributed by atoms with Gasteiger partial charge in [-0.1, -0.05) is 0 Å². The molecule has 1 saturated carbocycles. The highest BCUT2D eigenvalue weighted by Gasteiger charge is 2.30. The number of carboxylic acids is 1. The Morgan fingerprint density at radius 3 is 2.48 bits per heavy atom. The first-order valence-electron chi connectivity index (χ1n) is 6.33. The van der Waals surface area contributed by atoms with Crippen molar-refractivity contribution >= 4 is 16.9 Å². The number of fused-ring (bicyclic) bond motifs is 1. The van der Waals surface area contributed by atoms with Gasteiger partial charge in [-0.25, -0.2) is 13.2 Å². The van der Waals surface area contributed by atoms with Gasteiger partial charge in [0.2, 0.25) is 0 Å². The van der Waals surface area contributed by atoms with Crippen molar-refractivity contribution in [3.8, 4) is 0 Å². The van der Waals surface area contributed by atoms with E-state index in [4.69, 9.17) is 5.11 Å². The zero-order chi connectivity index (χ0) is 15.3. The van der Waals surface area contributed by atoms with E-state index in [1.54, 1.807) is 0 Å². The number of halogens is 3. The molecule has 1 N–H and O–H groups in total. The third kappa shape index (κ3) is 2.18. The van der Waals surface area contributed by atoms with Crippen molar-refractivity contribution < 1.29 is 23.1 Å². The molecule has 2 aromatic rings. The van der Waals surface area contributed by atoms with Gasteiger partial charge in [-0.2, -0.15) is 0 Å². The molecule has 1 aliphatic rings. The van der Waals surface area contributed by atoms with Crippen molar-refractivity contribution in [2.45, 2.75) is 25.3 Å². The van der Waals surface area contributed by atoms with E-state index in [1.165, 1.54) is 4.57 Å². The summed E-state index contributed by atoms with van der Waals surface area (Å²) in [5.74, 6) is -5.75. The van der Waals surface area contributed by atoms with Crippen molar-refractivity contribution in [1.82, 2.24) is 4.57 Å². The van der Waals surface area contributed by atoms with Crippen molar-refractivity contribution in [2.24, 2.45) is 0 Å². The van der Waals surface area contributed by atoms with E-state index in [1.807, 2.05) is 0 Å². The Labute approximate surface area is 116 Å². The first-order chi connectivity index (χ1) is 9.90. The molecular weight excluding hydrogens is 287 g/mol. The van der Waals surface area contributed by atoms with E-state index in [2.05, 4.69) is 0 Å². The lowest BCUT2D eigenvalue weighted by Crippen LogP contribution is -2.18. The van der Waals surface area contributed by atoms with Crippen LogP contribution in [0.3, 0.4) is 0 Å². The van der Waals surface area contributed by atoms with Gasteiger partial charge in [0.15, 0.2) is 22.9 Å². The molecule has 1 aromatic carbocycles. The Kier molecular flexibility index (Phi) is 3.00. The van der Waals surface area contributed by atoms with Gasteiger partial charge in [0.1, 0.15) is 0 Å². The van der Waals surface area contributed by atoms with Crippen molar-refractivity contribution in [2.75, 3.05) is 0 Å². The third-order valence-corrected chi connectivity index (χ3v) is 3.49. The maximum absolute atomic E-state index is 14.1. The minimum absolute atomic E-state index is 0.0902. The van der Waals surface area contributed by atoms with Crippen LogP contribution in [0.2, 0.25) is 0 Å². The summed E-state index contributed by atoms with van der Waals surface area (Å²) in [6.07, 6.45) is 0.853. The Morgan fingerprint density at radius 1 is 1.24 bits per heavy atom. The maximum Gasteiger partial charge on any atom is 0.309 e. The number of aromatic nitrogens is 1. The fourth-order valence-electron chi connectivity index (χ4n) is 2.49. The molecule has 21 heavy (non-hydrogen) atoms. The second kappa shape index (κ2) is 4.61. The fourth-order valence-corrected chi connectivity index (χ4v) is 2.49. The predicted molar refractivity (Wildman–Crippen MR) is 67.7 cm³/mol.